The molecule has 3 nitrogen and oxygen atoms in total. The van der Waals surface area contributed by atoms with Gasteiger partial charge in [-0.15, -0.1) is 0 Å². The van der Waals surface area contributed by atoms with E-state index in [4.69, 9.17) is 5.73 Å². The maximum absolute atomic E-state index is 10.5. The van der Waals surface area contributed by atoms with Crippen LogP contribution in [0.1, 0.15) is 0 Å². The number of carbonyl (C=O) groups excluding carboxylic acids is 1. The van der Waals surface area contributed by atoms with E-state index in [0.717, 1.165) is 0 Å². The summed E-state index contributed by atoms with van der Waals surface area (Å²) >= 11 is 0. The third kappa shape index (κ3) is 3.49. The lowest BCUT2D eigenvalue weighted by Crippen LogP contribution is -2.10. The highest BCUT2D eigenvalue weighted by Gasteiger charge is 1.98. The van der Waals surface area contributed by atoms with E-state index in [1.165, 1.54) is 18.4 Å². The van der Waals surface area contributed by atoms with Gasteiger partial charge in [0.25, 0.3) is 0 Å². The molecule has 54 valence electrons. The SMILES string of the molecule is C=CC=COC(=O)C(=C)N. The van der Waals surface area contributed by atoms with E-state index < -0.39 is 5.97 Å². The van der Waals surface area contributed by atoms with Crippen LogP contribution in [0.3, 0.4) is 0 Å². The van der Waals surface area contributed by atoms with Crippen molar-refractivity contribution in [3.8, 4) is 0 Å². The second-order valence-corrected chi connectivity index (χ2v) is 1.49. The Kier molecular flexibility index (Phi) is 3.72. The molecule has 0 spiro atoms. The van der Waals surface area contributed by atoms with Crippen molar-refractivity contribution < 1.29 is 9.53 Å². The van der Waals surface area contributed by atoms with Gasteiger partial charge in [0.1, 0.15) is 5.70 Å². The summed E-state index contributed by atoms with van der Waals surface area (Å²) in [5.74, 6) is -0.641. The molecule has 0 rings (SSSR count). The summed E-state index contributed by atoms with van der Waals surface area (Å²) in [7, 11) is 0. The Labute approximate surface area is 59.5 Å². The molecule has 10 heavy (non-hydrogen) atoms. The average Bonchev–Trinajstić information content (AvgIpc) is 1.88. The van der Waals surface area contributed by atoms with Crippen molar-refractivity contribution in [3.63, 3.8) is 0 Å². The van der Waals surface area contributed by atoms with Crippen molar-refractivity contribution in [1.29, 1.82) is 0 Å². The van der Waals surface area contributed by atoms with Crippen LogP contribution in [0.15, 0.2) is 37.3 Å². The van der Waals surface area contributed by atoms with Crippen LogP contribution in [-0.2, 0) is 9.53 Å². The molecule has 0 radical (unpaired) electrons. The molecule has 0 aliphatic heterocycles. The highest BCUT2D eigenvalue weighted by Crippen LogP contribution is 1.86. The zero-order valence-electron chi connectivity index (χ0n) is 5.54. The Balaban J connectivity index is 3.70. The summed E-state index contributed by atoms with van der Waals surface area (Å²) in [5, 5.41) is 0. The first-order valence-electron chi connectivity index (χ1n) is 2.61. The van der Waals surface area contributed by atoms with Crippen molar-refractivity contribution in [2.24, 2.45) is 5.73 Å². The zero-order chi connectivity index (χ0) is 7.98. The second-order valence-electron chi connectivity index (χ2n) is 1.49. The van der Waals surface area contributed by atoms with Gasteiger partial charge in [-0.2, -0.15) is 0 Å². The molecule has 0 aromatic rings. The fourth-order valence-electron chi connectivity index (χ4n) is 0.232. The predicted octanol–water partition coefficient (Wildman–Crippen LogP) is 0.702. The minimum Gasteiger partial charge on any atom is -0.430 e. The van der Waals surface area contributed by atoms with Crippen molar-refractivity contribution >= 4 is 5.97 Å². The molecule has 0 aliphatic rings. The monoisotopic (exact) mass is 139 g/mol. The van der Waals surface area contributed by atoms with Crippen molar-refractivity contribution in [2.45, 2.75) is 0 Å². The molecule has 0 aliphatic carbocycles. The van der Waals surface area contributed by atoms with E-state index in [-0.39, 0.29) is 5.70 Å². The maximum Gasteiger partial charge on any atom is 0.358 e. The Hall–Kier alpha value is -1.51. The molecule has 0 fully saturated rings. The number of rotatable bonds is 3. The van der Waals surface area contributed by atoms with Crippen LogP contribution in [0, 0.1) is 0 Å². The minimum absolute atomic E-state index is 0.117. The van der Waals surface area contributed by atoms with Gasteiger partial charge in [0, 0.05) is 0 Å². The van der Waals surface area contributed by atoms with Crippen molar-refractivity contribution in [2.75, 3.05) is 0 Å². The number of nitrogens with two attached hydrogens (primary N) is 1. The standard InChI is InChI=1S/C7H9NO2/c1-3-4-5-10-7(9)6(2)8/h3-5H,1-2,8H2. The Bertz CT molecular complexity index is 182. The molecule has 2 N–H and O–H groups in total. The fraction of sp³-hybridized carbons (Fsp3) is 0. The maximum atomic E-state index is 10.5. The highest BCUT2D eigenvalue weighted by atomic mass is 16.5. The van der Waals surface area contributed by atoms with E-state index in [9.17, 15) is 4.79 Å². The summed E-state index contributed by atoms with van der Waals surface area (Å²) in [6.45, 7) is 6.55. The minimum atomic E-state index is -0.641. The van der Waals surface area contributed by atoms with Gasteiger partial charge in [0.2, 0.25) is 0 Å². The first-order valence-corrected chi connectivity index (χ1v) is 2.61. The summed E-state index contributed by atoms with van der Waals surface area (Å²) in [6, 6.07) is 0. The molecule has 0 saturated heterocycles. The molecule has 3 heteroatoms. The number of esters is 1. The first-order chi connectivity index (χ1) is 4.68. The predicted molar refractivity (Wildman–Crippen MR) is 38.8 cm³/mol. The summed E-state index contributed by atoms with van der Waals surface area (Å²) in [4.78, 5) is 10.5. The van der Waals surface area contributed by atoms with E-state index in [1.54, 1.807) is 0 Å². The summed E-state index contributed by atoms with van der Waals surface area (Å²) in [6.07, 6.45) is 4.14. The largest absolute Gasteiger partial charge is 0.430 e. The van der Waals surface area contributed by atoms with Crippen LogP contribution < -0.4 is 5.73 Å². The smallest absolute Gasteiger partial charge is 0.358 e. The van der Waals surface area contributed by atoms with E-state index in [2.05, 4.69) is 17.9 Å². The topological polar surface area (TPSA) is 52.3 Å². The van der Waals surface area contributed by atoms with E-state index in [0.29, 0.717) is 0 Å². The Morgan fingerprint density at radius 2 is 2.20 bits per heavy atom. The van der Waals surface area contributed by atoms with Gasteiger partial charge in [-0.05, 0) is 6.08 Å². The van der Waals surface area contributed by atoms with Gasteiger partial charge in [-0.1, -0.05) is 19.2 Å². The van der Waals surface area contributed by atoms with Crippen LogP contribution in [0.5, 0.6) is 0 Å². The zero-order valence-corrected chi connectivity index (χ0v) is 5.54. The van der Waals surface area contributed by atoms with Gasteiger partial charge in [-0.25, -0.2) is 4.79 Å². The number of allylic oxidation sites excluding steroid dienone is 2. The Morgan fingerprint density at radius 3 is 2.60 bits per heavy atom. The molecule has 0 saturated carbocycles. The number of hydrogen-bond acceptors (Lipinski definition) is 3. The van der Waals surface area contributed by atoms with Crippen LogP contribution in [0.2, 0.25) is 0 Å². The lowest BCUT2D eigenvalue weighted by molar-refractivity contribution is -0.133. The number of hydrogen-bond donors (Lipinski definition) is 1. The third-order valence-corrected chi connectivity index (χ3v) is 0.652. The van der Waals surface area contributed by atoms with Crippen molar-refractivity contribution in [3.05, 3.63) is 37.3 Å². The van der Waals surface area contributed by atoms with Gasteiger partial charge < -0.3 is 10.5 Å². The lowest BCUT2D eigenvalue weighted by atomic mass is 10.5. The van der Waals surface area contributed by atoms with Gasteiger partial charge in [-0.3, -0.25) is 0 Å². The molecule has 0 atom stereocenters. The molecule has 0 bridgehead atoms. The summed E-state index contributed by atoms with van der Waals surface area (Å²) < 4.78 is 4.43. The van der Waals surface area contributed by atoms with Gasteiger partial charge in [0.05, 0.1) is 6.26 Å². The van der Waals surface area contributed by atoms with Crippen LogP contribution in [-0.4, -0.2) is 5.97 Å². The van der Waals surface area contributed by atoms with Crippen molar-refractivity contribution in [1.82, 2.24) is 0 Å². The molecule has 0 amide bonds. The van der Waals surface area contributed by atoms with Gasteiger partial charge in [0.15, 0.2) is 0 Å². The number of ether oxygens (including phenoxy) is 1. The molecule has 0 unspecified atom stereocenters. The van der Waals surface area contributed by atoms with Crippen LogP contribution in [0.4, 0.5) is 0 Å². The Morgan fingerprint density at radius 1 is 1.60 bits per heavy atom. The quantitative estimate of drug-likeness (QED) is 0.271. The average molecular weight is 139 g/mol. The first kappa shape index (κ1) is 8.49. The summed E-state index contributed by atoms with van der Waals surface area (Å²) in [5.41, 5.74) is 4.87. The normalized spacial score (nSPS) is 9.20. The molecule has 0 aromatic carbocycles. The number of carbonyl (C=O) groups is 1. The van der Waals surface area contributed by atoms with Gasteiger partial charge >= 0.3 is 5.97 Å². The molecular formula is C7H9NO2. The second kappa shape index (κ2) is 4.38. The lowest BCUT2D eigenvalue weighted by Gasteiger charge is -1.94. The molecule has 0 aromatic heterocycles. The highest BCUT2D eigenvalue weighted by molar-refractivity contribution is 5.86. The molecule has 0 heterocycles. The van der Waals surface area contributed by atoms with E-state index in [1.807, 2.05) is 0 Å². The fourth-order valence-corrected chi connectivity index (χ4v) is 0.232. The molecular weight excluding hydrogens is 130 g/mol. The van der Waals surface area contributed by atoms with Crippen LogP contribution in [0.25, 0.3) is 0 Å². The van der Waals surface area contributed by atoms with E-state index >= 15 is 0 Å². The third-order valence-electron chi connectivity index (χ3n) is 0.652. The van der Waals surface area contributed by atoms with Crippen LogP contribution >= 0.6 is 0 Å².